The summed E-state index contributed by atoms with van der Waals surface area (Å²) in [4.78, 5) is 86.6. The molecular formula is C31H36N6O7. The summed E-state index contributed by atoms with van der Waals surface area (Å²) in [5, 5.41) is 12.7. The van der Waals surface area contributed by atoms with Gasteiger partial charge in [0.25, 0.3) is 11.8 Å². The van der Waals surface area contributed by atoms with E-state index in [9.17, 15) is 33.6 Å². The summed E-state index contributed by atoms with van der Waals surface area (Å²) in [6.07, 6.45) is 3.65. The van der Waals surface area contributed by atoms with Gasteiger partial charge in [-0.3, -0.25) is 33.6 Å². The van der Waals surface area contributed by atoms with Crippen LogP contribution in [-0.4, -0.2) is 73.6 Å². The third-order valence-corrected chi connectivity index (χ3v) is 6.44. The Kier molecular flexibility index (Phi) is 12.8. The topological polar surface area (TPSA) is 183 Å². The van der Waals surface area contributed by atoms with Crippen molar-refractivity contribution in [1.29, 1.82) is 0 Å². The molecule has 2 aromatic rings. The number of carbonyl (C=O) groups excluding carboxylic acids is 7. The van der Waals surface area contributed by atoms with Crippen LogP contribution < -0.4 is 31.5 Å². The van der Waals surface area contributed by atoms with Crippen molar-refractivity contribution in [2.24, 2.45) is 0 Å². The lowest BCUT2D eigenvalue weighted by molar-refractivity contribution is -0.131. The van der Waals surface area contributed by atoms with Gasteiger partial charge in [-0.1, -0.05) is 49.4 Å². The fraction of sp³-hybridized carbons (Fsp3) is 0.323. The maximum atomic E-state index is 12.8. The molecule has 1 atom stereocenters. The van der Waals surface area contributed by atoms with Crippen LogP contribution in [-0.2, 0) is 46.4 Å². The summed E-state index contributed by atoms with van der Waals surface area (Å²) >= 11 is 0. The van der Waals surface area contributed by atoms with E-state index in [1.54, 1.807) is 48.5 Å². The van der Waals surface area contributed by atoms with Crippen LogP contribution in [0.25, 0.3) is 0 Å². The van der Waals surface area contributed by atoms with E-state index >= 15 is 0 Å². The van der Waals surface area contributed by atoms with Gasteiger partial charge in [0.1, 0.15) is 6.04 Å². The molecule has 0 saturated heterocycles. The number of rotatable bonds is 16. The van der Waals surface area contributed by atoms with Crippen molar-refractivity contribution < 1.29 is 33.6 Å². The Morgan fingerprint density at radius 2 is 1.32 bits per heavy atom. The lowest BCUT2D eigenvalue weighted by Crippen LogP contribution is -2.52. The van der Waals surface area contributed by atoms with E-state index in [-0.39, 0.29) is 31.8 Å². The molecule has 0 bridgehead atoms. The maximum Gasteiger partial charge on any atom is 0.258 e. The lowest BCUT2D eigenvalue weighted by Gasteiger charge is -2.19. The van der Waals surface area contributed by atoms with Crippen LogP contribution in [0.15, 0.2) is 66.7 Å². The van der Waals surface area contributed by atoms with Gasteiger partial charge in [0, 0.05) is 31.5 Å². The largest absolute Gasteiger partial charge is 0.355 e. The number of nitrogens with one attached hydrogen (secondary N) is 5. The van der Waals surface area contributed by atoms with E-state index in [2.05, 4.69) is 26.6 Å². The zero-order chi connectivity index (χ0) is 31.9. The normalized spacial score (nSPS) is 12.8. The van der Waals surface area contributed by atoms with Gasteiger partial charge in [0.2, 0.25) is 29.5 Å². The Balaban J connectivity index is 1.42. The molecule has 13 heteroatoms. The second-order valence-corrected chi connectivity index (χ2v) is 9.95. The van der Waals surface area contributed by atoms with Crippen molar-refractivity contribution in [3.05, 3.63) is 77.9 Å². The highest BCUT2D eigenvalue weighted by Crippen LogP contribution is 2.20. The Morgan fingerprint density at radius 1 is 0.705 bits per heavy atom. The molecule has 0 fully saturated rings. The number of imide groups is 1. The summed E-state index contributed by atoms with van der Waals surface area (Å²) < 4.78 is 0. The minimum absolute atomic E-state index is 0.0457. The third-order valence-electron chi connectivity index (χ3n) is 6.44. The number of benzene rings is 2. The average Bonchev–Trinajstić information content (AvgIpc) is 3.37. The standard InChI is InChI=1S/C31H36N6O7/c1-2-15-32-26(39)19-35-31(44)24(17-21-7-4-3-5-8-21)36-28(41)20-34-27(40)18-33-25(38)12-11-22-9-6-10-23(16-22)37-29(42)13-14-30(37)43/h3-10,13-14,16,24H,2,11-12,15,17-20H2,1H3,(H,32,39)(H,33,38)(H,34,40)(H,35,44)(H,36,41). The minimum atomic E-state index is -0.989. The predicted octanol–water partition coefficient (Wildman–Crippen LogP) is -0.349. The first-order chi connectivity index (χ1) is 21.2. The van der Waals surface area contributed by atoms with Gasteiger partial charge in [-0.2, -0.15) is 0 Å². The second-order valence-electron chi connectivity index (χ2n) is 9.95. The maximum absolute atomic E-state index is 12.8. The van der Waals surface area contributed by atoms with Gasteiger partial charge in [0.15, 0.2) is 0 Å². The third kappa shape index (κ3) is 10.8. The zero-order valence-electron chi connectivity index (χ0n) is 24.4. The first-order valence-electron chi connectivity index (χ1n) is 14.2. The highest BCUT2D eigenvalue weighted by molar-refractivity contribution is 6.28. The lowest BCUT2D eigenvalue weighted by atomic mass is 10.1. The summed E-state index contributed by atoms with van der Waals surface area (Å²) in [7, 11) is 0. The second kappa shape index (κ2) is 16.9. The summed E-state index contributed by atoms with van der Waals surface area (Å²) in [6.45, 7) is 1.35. The van der Waals surface area contributed by atoms with Crippen LogP contribution in [0, 0.1) is 0 Å². The van der Waals surface area contributed by atoms with Crippen molar-refractivity contribution in [2.75, 3.05) is 31.1 Å². The number of anilines is 1. The molecule has 13 nitrogen and oxygen atoms in total. The molecule has 3 rings (SSSR count). The van der Waals surface area contributed by atoms with Crippen LogP contribution in [0.4, 0.5) is 5.69 Å². The summed E-state index contributed by atoms with van der Waals surface area (Å²) in [6, 6.07) is 14.7. The molecular weight excluding hydrogens is 568 g/mol. The monoisotopic (exact) mass is 604 g/mol. The molecule has 0 aliphatic carbocycles. The Bertz CT molecular complexity index is 1390. The average molecular weight is 605 g/mol. The smallest absolute Gasteiger partial charge is 0.258 e. The molecule has 7 amide bonds. The van der Waals surface area contributed by atoms with Gasteiger partial charge in [-0.15, -0.1) is 0 Å². The Labute approximate surface area is 254 Å². The number of nitrogens with zero attached hydrogens (tertiary/aromatic N) is 1. The molecule has 1 heterocycles. The van der Waals surface area contributed by atoms with E-state index < -0.39 is 48.0 Å². The summed E-state index contributed by atoms with van der Waals surface area (Å²) in [5.41, 5.74) is 1.92. The number of hydrogen-bond donors (Lipinski definition) is 5. The van der Waals surface area contributed by atoms with Gasteiger partial charge >= 0.3 is 0 Å². The van der Waals surface area contributed by atoms with Crippen LogP contribution in [0.3, 0.4) is 0 Å². The number of amides is 7. The fourth-order valence-corrected chi connectivity index (χ4v) is 4.19. The predicted molar refractivity (Wildman–Crippen MR) is 161 cm³/mol. The number of carbonyl (C=O) groups is 7. The molecule has 0 radical (unpaired) electrons. The number of hydrogen-bond acceptors (Lipinski definition) is 7. The highest BCUT2D eigenvalue weighted by atomic mass is 16.2. The van der Waals surface area contributed by atoms with E-state index in [0.717, 1.165) is 22.4 Å². The molecule has 0 saturated carbocycles. The van der Waals surface area contributed by atoms with Crippen LogP contribution in [0.1, 0.15) is 30.9 Å². The Hall–Kier alpha value is -5.33. The highest BCUT2D eigenvalue weighted by Gasteiger charge is 2.25. The Morgan fingerprint density at radius 3 is 2.02 bits per heavy atom. The van der Waals surface area contributed by atoms with Crippen molar-refractivity contribution in [1.82, 2.24) is 26.6 Å². The van der Waals surface area contributed by atoms with E-state index in [1.807, 2.05) is 13.0 Å². The van der Waals surface area contributed by atoms with Crippen LogP contribution in [0.5, 0.6) is 0 Å². The van der Waals surface area contributed by atoms with E-state index in [1.165, 1.54) is 12.2 Å². The van der Waals surface area contributed by atoms with Gasteiger partial charge in [0.05, 0.1) is 25.3 Å². The molecule has 44 heavy (non-hydrogen) atoms. The van der Waals surface area contributed by atoms with Crippen molar-refractivity contribution in [3.63, 3.8) is 0 Å². The molecule has 5 N–H and O–H groups in total. The first-order valence-corrected chi connectivity index (χ1v) is 14.2. The minimum Gasteiger partial charge on any atom is -0.355 e. The first kappa shape index (κ1) is 33.2. The van der Waals surface area contributed by atoms with E-state index in [0.29, 0.717) is 18.7 Å². The molecule has 1 aliphatic heterocycles. The van der Waals surface area contributed by atoms with Crippen molar-refractivity contribution in [3.8, 4) is 0 Å². The molecule has 0 spiro atoms. The van der Waals surface area contributed by atoms with Crippen molar-refractivity contribution >= 4 is 47.0 Å². The van der Waals surface area contributed by atoms with Gasteiger partial charge < -0.3 is 26.6 Å². The molecule has 232 valence electrons. The molecule has 1 unspecified atom stereocenters. The molecule has 1 aliphatic rings. The van der Waals surface area contributed by atoms with Gasteiger partial charge in [-0.05, 0) is 36.1 Å². The fourth-order valence-electron chi connectivity index (χ4n) is 4.19. The molecule has 0 aromatic heterocycles. The van der Waals surface area contributed by atoms with Gasteiger partial charge in [-0.25, -0.2) is 4.90 Å². The van der Waals surface area contributed by atoms with Crippen LogP contribution in [0.2, 0.25) is 0 Å². The van der Waals surface area contributed by atoms with E-state index in [4.69, 9.17) is 0 Å². The summed E-state index contributed by atoms with van der Waals surface area (Å²) in [5.74, 6) is -3.41. The quantitative estimate of drug-likeness (QED) is 0.162. The van der Waals surface area contributed by atoms with Crippen molar-refractivity contribution in [2.45, 2.75) is 38.6 Å². The number of aryl methyl sites for hydroxylation is 1. The molecule has 2 aromatic carbocycles. The van der Waals surface area contributed by atoms with Crippen LogP contribution >= 0.6 is 0 Å². The zero-order valence-corrected chi connectivity index (χ0v) is 24.4. The SMILES string of the molecule is CCCNC(=O)CNC(=O)C(Cc1ccccc1)NC(=O)CNC(=O)CNC(=O)CCc1cccc(N2C(=O)C=CC2=O)c1.